The summed E-state index contributed by atoms with van der Waals surface area (Å²) in [6.07, 6.45) is 1.32. The van der Waals surface area contributed by atoms with Crippen LogP contribution in [0.1, 0.15) is 5.56 Å². The number of aromatic nitrogens is 2. The van der Waals surface area contributed by atoms with Crippen molar-refractivity contribution in [2.45, 2.75) is 13.5 Å². The Morgan fingerprint density at radius 1 is 1.31 bits per heavy atom. The number of carbonyl (C=O) groups is 1. The van der Waals surface area contributed by atoms with Gasteiger partial charge in [0.15, 0.2) is 0 Å². The van der Waals surface area contributed by atoms with Crippen LogP contribution in [0.25, 0.3) is 20.7 Å². The largest absolute Gasteiger partial charge is 0.425 e. The average Bonchev–Trinajstić information content (AvgIpc) is 3.33. The number of ether oxygens (including phenoxy) is 1. The standard InChI is InChI=1S/C19H13N3O5S2/c1-11-7-12(4-5-14(11)22(25)26)27-16(23)8-21-10-20-18-17(19(21)24)13(9-29-18)15-3-2-6-28-15/h2-7,9-10H,8H2,1H3. The summed E-state index contributed by atoms with van der Waals surface area (Å²) in [5.74, 6) is -0.496. The van der Waals surface area contributed by atoms with Gasteiger partial charge in [-0.25, -0.2) is 9.78 Å². The number of hydrogen-bond donors (Lipinski definition) is 0. The van der Waals surface area contributed by atoms with Crippen LogP contribution in [0, 0.1) is 17.0 Å². The molecule has 10 heteroatoms. The van der Waals surface area contributed by atoms with Crippen LogP contribution in [-0.4, -0.2) is 20.4 Å². The van der Waals surface area contributed by atoms with Crippen LogP contribution >= 0.6 is 22.7 Å². The Bertz CT molecular complexity index is 1290. The summed E-state index contributed by atoms with van der Waals surface area (Å²) < 4.78 is 6.44. The first-order chi connectivity index (χ1) is 13.9. The normalized spacial score (nSPS) is 10.9. The minimum absolute atomic E-state index is 0.0609. The number of thiophene rings is 2. The second kappa shape index (κ2) is 7.57. The zero-order chi connectivity index (χ0) is 20.5. The van der Waals surface area contributed by atoms with Crippen LogP contribution in [0.5, 0.6) is 5.75 Å². The Balaban J connectivity index is 1.59. The molecule has 1 aromatic carbocycles. The maximum atomic E-state index is 12.9. The Morgan fingerprint density at radius 3 is 2.83 bits per heavy atom. The minimum Gasteiger partial charge on any atom is -0.425 e. The number of carbonyl (C=O) groups excluding carboxylic acids is 1. The van der Waals surface area contributed by atoms with Crippen molar-refractivity contribution in [2.24, 2.45) is 0 Å². The maximum Gasteiger partial charge on any atom is 0.331 e. The lowest BCUT2D eigenvalue weighted by atomic mass is 10.2. The number of esters is 1. The van der Waals surface area contributed by atoms with Crippen LogP contribution in [0.3, 0.4) is 0 Å². The SMILES string of the molecule is Cc1cc(OC(=O)Cn2cnc3scc(-c4cccs4)c3c2=O)ccc1[N+](=O)[O-]. The third kappa shape index (κ3) is 3.67. The third-order valence-corrected chi connectivity index (χ3v) is 6.03. The molecule has 8 nitrogen and oxygen atoms in total. The fourth-order valence-corrected chi connectivity index (χ4v) is 4.61. The van der Waals surface area contributed by atoms with E-state index >= 15 is 0 Å². The molecule has 146 valence electrons. The second-order valence-corrected chi connectivity index (χ2v) is 7.97. The van der Waals surface area contributed by atoms with E-state index < -0.39 is 10.9 Å². The molecular weight excluding hydrogens is 414 g/mol. The molecule has 0 amide bonds. The Morgan fingerprint density at radius 2 is 2.14 bits per heavy atom. The van der Waals surface area contributed by atoms with E-state index in [1.165, 1.54) is 51.8 Å². The first-order valence-corrected chi connectivity index (χ1v) is 10.2. The van der Waals surface area contributed by atoms with Crippen molar-refractivity contribution < 1.29 is 14.5 Å². The fourth-order valence-electron chi connectivity index (χ4n) is 2.89. The van der Waals surface area contributed by atoms with E-state index in [9.17, 15) is 19.7 Å². The van der Waals surface area contributed by atoms with E-state index in [0.29, 0.717) is 15.8 Å². The van der Waals surface area contributed by atoms with Crippen LogP contribution in [0.4, 0.5) is 5.69 Å². The van der Waals surface area contributed by atoms with Gasteiger partial charge in [0.05, 0.1) is 16.6 Å². The Labute approximate surface area is 171 Å². The molecule has 3 heterocycles. The summed E-state index contributed by atoms with van der Waals surface area (Å²) in [5, 5.41) is 15.2. The molecule has 0 aliphatic rings. The molecule has 0 saturated carbocycles. The van der Waals surface area contributed by atoms with Gasteiger partial charge in [-0.3, -0.25) is 19.5 Å². The van der Waals surface area contributed by atoms with Gasteiger partial charge in [0.25, 0.3) is 11.2 Å². The maximum absolute atomic E-state index is 12.9. The molecular formula is C19H13N3O5S2. The number of benzene rings is 1. The zero-order valence-corrected chi connectivity index (χ0v) is 16.7. The Kier molecular flexibility index (Phi) is 4.95. The minimum atomic E-state index is -0.672. The summed E-state index contributed by atoms with van der Waals surface area (Å²) in [6, 6.07) is 7.86. The first kappa shape index (κ1) is 19.0. The van der Waals surface area contributed by atoms with Crippen molar-refractivity contribution in [3.05, 3.63) is 73.5 Å². The number of nitrogens with zero attached hydrogens (tertiary/aromatic N) is 3. The number of fused-ring (bicyclic) bond motifs is 1. The number of nitro benzene ring substituents is 1. The van der Waals surface area contributed by atoms with Gasteiger partial charge in [0, 0.05) is 27.5 Å². The molecule has 0 bridgehead atoms. The smallest absolute Gasteiger partial charge is 0.331 e. The van der Waals surface area contributed by atoms with Gasteiger partial charge in [-0.15, -0.1) is 22.7 Å². The third-order valence-electron chi connectivity index (χ3n) is 4.24. The van der Waals surface area contributed by atoms with E-state index in [2.05, 4.69) is 4.98 Å². The van der Waals surface area contributed by atoms with E-state index in [-0.39, 0.29) is 23.5 Å². The fraction of sp³-hybridized carbons (Fsp3) is 0.105. The van der Waals surface area contributed by atoms with Crippen LogP contribution in [0.2, 0.25) is 0 Å². The van der Waals surface area contributed by atoms with E-state index in [1.807, 2.05) is 22.9 Å². The predicted octanol–water partition coefficient (Wildman–Crippen LogP) is 4.01. The molecule has 0 fully saturated rings. The van der Waals surface area contributed by atoms with Crippen LogP contribution in [0.15, 0.2) is 52.2 Å². The zero-order valence-electron chi connectivity index (χ0n) is 15.0. The Hall–Kier alpha value is -3.37. The molecule has 4 rings (SSSR count). The van der Waals surface area contributed by atoms with Crippen molar-refractivity contribution in [3.63, 3.8) is 0 Å². The average molecular weight is 427 g/mol. The monoisotopic (exact) mass is 427 g/mol. The summed E-state index contributed by atoms with van der Waals surface area (Å²) in [4.78, 5) is 41.5. The van der Waals surface area contributed by atoms with E-state index in [0.717, 1.165) is 10.4 Å². The summed E-state index contributed by atoms with van der Waals surface area (Å²) in [5.41, 5.74) is 0.788. The van der Waals surface area contributed by atoms with Gasteiger partial charge in [0.1, 0.15) is 17.1 Å². The van der Waals surface area contributed by atoms with Crippen molar-refractivity contribution in [2.75, 3.05) is 0 Å². The lowest BCUT2D eigenvalue weighted by Crippen LogP contribution is -2.26. The van der Waals surface area contributed by atoms with Gasteiger partial charge in [-0.2, -0.15) is 0 Å². The van der Waals surface area contributed by atoms with E-state index in [4.69, 9.17) is 4.74 Å². The van der Waals surface area contributed by atoms with Gasteiger partial charge in [-0.05, 0) is 30.5 Å². The van der Waals surface area contributed by atoms with Gasteiger partial charge < -0.3 is 4.74 Å². The topological polar surface area (TPSA) is 104 Å². The van der Waals surface area contributed by atoms with Gasteiger partial charge in [-0.1, -0.05) is 6.07 Å². The molecule has 0 N–H and O–H groups in total. The second-order valence-electron chi connectivity index (χ2n) is 6.16. The number of aryl methyl sites for hydroxylation is 1. The first-order valence-electron chi connectivity index (χ1n) is 8.40. The lowest BCUT2D eigenvalue weighted by Gasteiger charge is -2.07. The summed E-state index contributed by atoms with van der Waals surface area (Å²) >= 11 is 2.89. The predicted molar refractivity (Wildman–Crippen MR) is 111 cm³/mol. The lowest BCUT2D eigenvalue weighted by molar-refractivity contribution is -0.385. The van der Waals surface area contributed by atoms with Crippen molar-refractivity contribution in [1.82, 2.24) is 9.55 Å². The summed E-state index contributed by atoms with van der Waals surface area (Å²) in [7, 11) is 0. The molecule has 0 aliphatic carbocycles. The quantitative estimate of drug-likeness (QED) is 0.206. The van der Waals surface area contributed by atoms with E-state index in [1.54, 1.807) is 6.92 Å². The molecule has 3 aromatic heterocycles. The molecule has 0 saturated heterocycles. The summed E-state index contributed by atoms with van der Waals surface area (Å²) in [6.45, 7) is 1.23. The molecule has 29 heavy (non-hydrogen) atoms. The number of nitro groups is 1. The molecule has 0 aliphatic heterocycles. The highest BCUT2D eigenvalue weighted by atomic mass is 32.1. The molecule has 0 radical (unpaired) electrons. The molecule has 0 spiro atoms. The van der Waals surface area contributed by atoms with Crippen LogP contribution < -0.4 is 10.3 Å². The molecule has 4 aromatic rings. The van der Waals surface area contributed by atoms with Crippen LogP contribution in [-0.2, 0) is 11.3 Å². The molecule has 0 atom stereocenters. The van der Waals surface area contributed by atoms with Gasteiger partial charge in [0.2, 0.25) is 0 Å². The highest BCUT2D eigenvalue weighted by Gasteiger charge is 2.17. The molecule has 0 unspecified atom stereocenters. The number of rotatable bonds is 5. The highest BCUT2D eigenvalue weighted by Crippen LogP contribution is 2.33. The van der Waals surface area contributed by atoms with Crippen molar-refractivity contribution >= 4 is 44.5 Å². The van der Waals surface area contributed by atoms with Crippen molar-refractivity contribution in [1.29, 1.82) is 0 Å². The van der Waals surface area contributed by atoms with Gasteiger partial charge >= 0.3 is 5.97 Å². The van der Waals surface area contributed by atoms with Crippen molar-refractivity contribution in [3.8, 4) is 16.2 Å². The number of hydrogen-bond acceptors (Lipinski definition) is 8. The highest BCUT2D eigenvalue weighted by molar-refractivity contribution is 7.18.